The van der Waals surface area contributed by atoms with Gasteiger partial charge in [-0.2, -0.15) is 0 Å². The standard InChI is InChI=1S/C12H17NO3/c13-10(9-5-6-15-7-9)8-16-12-4-2-1-3-11(12)14/h1-4,9-10,14H,5-8,13H2. The van der Waals surface area contributed by atoms with Gasteiger partial charge in [0.05, 0.1) is 6.61 Å². The van der Waals surface area contributed by atoms with Crippen LogP contribution in [0.4, 0.5) is 0 Å². The normalized spacial score (nSPS) is 21.9. The van der Waals surface area contributed by atoms with Crippen molar-refractivity contribution >= 4 is 0 Å². The number of phenols is 1. The molecule has 1 aromatic carbocycles. The molecule has 1 heterocycles. The Hall–Kier alpha value is -1.26. The van der Waals surface area contributed by atoms with Crippen LogP contribution in [0.15, 0.2) is 24.3 Å². The number of phenolic OH excluding ortho intramolecular Hbond substituents is 1. The van der Waals surface area contributed by atoms with Gasteiger partial charge in [0.1, 0.15) is 6.61 Å². The van der Waals surface area contributed by atoms with Crippen molar-refractivity contribution < 1.29 is 14.6 Å². The van der Waals surface area contributed by atoms with Gasteiger partial charge in [-0.1, -0.05) is 12.1 Å². The van der Waals surface area contributed by atoms with E-state index in [1.54, 1.807) is 18.2 Å². The first-order valence-corrected chi connectivity index (χ1v) is 5.51. The summed E-state index contributed by atoms with van der Waals surface area (Å²) in [6.45, 7) is 1.91. The summed E-state index contributed by atoms with van der Waals surface area (Å²) in [6.07, 6.45) is 0.991. The Morgan fingerprint density at radius 3 is 3.00 bits per heavy atom. The Labute approximate surface area is 95.0 Å². The monoisotopic (exact) mass is 223 g/mol. The van der Waals surface area contributed by atoms with Crippen molar-refractivity contribution in [3.8, 4) is 11.5 Å². The molecular formula is C12H17NO3. The van der Waals surface area contributed by atoms with Crippen LogP contribution in [-0.4, -0.2) is 31.0 Å². The van der Waals surface area contributed by atoms with Gasteiger partial charge in [0, 0.05) is 18.6 Å². The van der Waals surface area contributed by atoms with E-state index >= 15 is 0 Å². The number of rotatable bonds is 4. The molecule has 0 aliphatic carbocycles. The minimum absolute atomic E-state index is 0.0397. The molecule has 0 amide bonds. The van der Waals surface area contributed by atoms with Crippen LogP contribution >= 0.6 is 0 Å². The lowest BCUT2D eigenvalue weighted by molar-refractivity contribution is 0.169. The SMILES string of the molecule is NC(COc1ccccc1O)C1CCOC1. The molecule has 0 saturated carbocycles. The second-order valence-corrected chi connectivity index (χ2v) is 4.07. The van der Waals surface area contributed by atoms with Crippen LogP contribution in [-0.2, 0) is 4.74 Å². The van der Waals surface area contributed by atoms with Crippen molar-refractivity contribution in [2.45, 2.75) is 12.5 Å². The Morgan fingerprint density at radius 1 is 1.50 bits per heavy atom. The molecule has 0 aromatic heterocycles. The smallest absolute Gasteiger partial charge is 0.160 e. The van der Waals surface area contributed by atoms with E-state index in [1.165, 1.54) is 0 Å². The number of benzene rings is 1. The predicted octanol–water partition coefficient (Wildman–Crippen LogP) is 1.13. The first-order chi connectivity index (χ1) is 7.77. The zero-order chi connectivity index (χ0) is 11.4. The van der Waals surface area contributed by atoms with Crippen LogP contribution in [0.3, 0.4) is 0 Å². The maximum absolute atomic E-state index is 9.50. The summed E-state index contributed by atoms with van der Waals surface area (Å²) < 4.78 is 10.7. The maximum Gasteiger partial charge on any atom is 0.160 e. The summed E-state index contributed by atoms with van der Waals surface area (Å²) in [7, 11) is 0. The van der Waals surface area contributed by atoms with E-state index in [0.717, 1.165) is 13.0 Å². The molecule has 2 unspecified atom stereocenters. The van der Waals surface area contributed by atoms with Crippen LogP contribution in [0.1, 0.15) is 6.42 Å². The van der Waals surface area contributed by atoms with Gasteiger partial charge in [0.25, 0.3) is 0 Å². The van der Waals surface area contributed by atoms with E-state index in [2.05, 4.69) is 0 Å². The van der Waals surface area contributed by atoms with Crippen LogP contribution in [0.5, 0.6) is 11.5 Å². The molecule has 1 saturated heterocycles. The van der Waals surface area contributed by atoms with Crippen molar-refractivity contribution in [1.29, 1.82) is 0 Å². The number of aromatic hydroxyl groups is 1. The number of nitrogens with two attached hydrogens (primary N) is 1. The molecular weight excluding hydrogens is 206 g/mol. The van der Waals surface area contributed by atoms with Gasteiger partial charge in [0.2, 0.25) is 0 Å². The Bertz CT molecular complexity index is 337. The van der Waals surface area contributed by atoms with E-state index in [0.29, 0.717) is 24.9 Å². The third-order valence-electron chi connectivity index (χ3n) is 2.87. The number of para-hydroxylation sites is 2. The third kappa shape index (κ3) is 2.65. The average Bonchev–Trinajstić information content (AvgIpc) is 2.81. The van der Waals surface area contributed by atoms with Gasteiger partial charge in [-0.3, -0.25) is 0 Å². The first kappa shape index (κ1) is 11.2. The van der Waals surface area contributed by atoms with Gasteiger partial charge in [0.15, 0.2) is 11.5 Å². The van der Waals surface area contributed by atoms with E-state index in [1.807, 2.05) is 6.07 Å². The van der Waals surface area contributed by atoms with Gasteiger partial charge in [-0.15, -0.1) is 0 Å². The van der Waals surface area contributed by atoms with E-state index < -0.39 is 0 Å². The van der Waals surface area contributed by atoms with Gasteiger partial charge in [-0.05, 0) is 18.6 Å². The van der Waals surface area contributed by atoms with Crippen LogP contribution in [0, 0.1) is 5.92 Å². The molecule has 4 heteroatoms. The fraction of sp³-hybridized carbons (Fsp3) is 0.500. The van der Waals surface area contributed by atoms with E-state index in [4.69, 9.17) is 15.2 Å². The lowest BCUT2D eigenvalue weighted by Crippen LogP contribution is -2.36. The molecule has 0 radical (unpaired) electrons. The fourth-order valence-electron chi connectivity index (χ4n) is 1.79. The highest BCUT2D eigenvalue weighted by Crippen LogP contribution is 2.25. The quantitative estimate of drug-likeness (QED) is 0.803. The molecule has 1 aliphatic rings. The molecule has 0 bridgehead atoms. The molecule has 1 fully saturated rings. The highest BCUT2D eigenvalue weighted by atomic mass is 16.5. The van der Waals surface area contributed by atoms with Gasteiger partial charge < -0.3 is 20.3 Å². The molecule has 0 spiro atoms. The fourth-order valence-corrected chi connectivity index (χ4v) is 1.79. The maximum atomic E-state index is 9.50. The minimum Gasteiger partial charge on any atom is -0.504 e. The summed E-state index contributed by atoms with van der Waals surface area (Å²) in [5.41, 5.74) is 5.99. The minimum atomic E-state index is -0.0397. The largest absolute Gasteiger partial charge is 0.504 e. The van der Waals surface area contributed by atoms with Crippen LogP contribution in [0.25, 0.3) is 0 Å². The Kier molecular flexibility index (Phi) is 3.64. The van der Waals surface area contributed by atoms with Crippen molar-refractivity contribution in [3.05, 3.63) is 24.3 Å². The third-order valence-corrected chi connectivity index (χ3v) is 2.87. The average molecular weight is 223 g/mol. The highest BCUT2D eigenvalue weighted by Gasteiger charge is 2.23. The molecule has 4 nitrogen and oxygen atoms in total. The van der Waals surface area contributed by atoms with Crippen molar-refractivity contribution in [1.82, 2.24) is 0 Å². The summed E-state index contributed by atoms with van der Waals surface area (Å²) in [5, 5.41) is 9.50. The number of hydrogen-bond donors (Lipinski definition) is 2. The van der Waals surface area contributed by atoms with Gasteiger partial charge in [-0.25, -0.2) is 0 Å². The molecule has 2 atom stereocenters. The van der Waals surface area contributed by atoms with Crippen LogP contribution in [0.2, 0.25) is 0 Å². The second-order valence-electron chi connectivity index (χ2n) is 4.07. The molecule has 1 aliphatic heterocycles. The van der Waals surface area contributed by atoms with Gasteiger partial charge >= 0.3 is 0 Å². The van der Waals surface area contributed by atoms with E-state index in [9.17, 15) is 5.11 Å². The predicted molar refractivity (Wildman–Crippen MR) is 60.5 cm³/mol. The Balaban J connectivity index is 1.84. The summed E-state index contributed by atoms with van der Waals surface area (Å²) in [5.74, 6) is 1.00. The molecule has 3 N–H and O–H groups in total. The zero-order valence-electron chi connectivity index (χ0n) is 9.13. The second kappa shape index (κ2) is 5.18. The van der Waals surface area contributed by atoms with Crippen molar-refractivity contribution in [2.75, 3.05) is 19.8 Å². The lowest BCUT2D eigenvalue weighted by Gasteiger charge is -2.18. The molecule has 88 valence electrons. The summed E-state index contributed by atoms with van der Waals surface area (Å²) in [4.78, 5) is 0. The molecule has 16 heavy (non-hydrogen) atoms. The zero-order valence-corrected chi connectivity index (χ0v) is 9.13. The van der Waals surface area contributed by atoms with Crippen LogP contribution < -0.4 is 10.5 Å². The summed E-state index contributed by atoms with van der Waals surface area (Å²) >= 11 is 0. The number of ether oxygens (including phenoxy) is 2. The number of hydrogen-bond acceptors (Lipinski definition) is 4. The Morgan fingerprint density at radius 2 is 2.31 bits per heavy atom. The first-order valence-electron chi connectivity index (χ1n) is 5.51. The lowest BCUT2D eigenvalue weighted by atomic mass is 10.0. The highest BCUT2D eigenvalue weighted by molar-refractivity contribution is 5.37. The summed E-state index contributed by atoms with van der Waals surface area (Å²) in [6, 6.07) is 6.86. The molecule has 1 aromatic rings. The van der Waals surface area contributed by atoms with Crippen molar-refractivity contribution in [2.24, 2.45) is 11.7 Å². The topological polar surface area (TPSA) is 64.7 Å². The molecule has 2 rings (SSSR count). The van der Waals surface area contributed by atoms with E-state index in [-0.39, 0.29) is 11.8 Å². The van der Waals surface area contributed by atoms with Crippen molar-refractivity contribution in [3.63, 3.8) is 0 Å².